The smallest absolute Gasteiger partial charge is 0.174 e. The molecule has 0 bridgehead atoms. The van der Waals surface area contributed by atoms with Crippen molar-refractivity contribution in [1.82, 2.24) is 14.8 Å². The van der Waals surface area contributed by atoms with Gasteiger partial charge in [0.25, 0.3) is 0 Å². The molecule has 0 saturated carbocycles. The van der Waals surface area contributed by atoms with Crippen LogP contribution in [0.2, 0.25) is 0 Å². The van der Waals surface area contributed by atoms with Crippen LogP contribution in [0, 0.1) is 19.7 Å². The molecule has 1 fully saturated rings. The summed E-state index contributed by atoms with van der Waals surface area (Å²) < 4.78 is 13.3. The van der Waals surface area contributed by atoms with Gasteiger partial charge in [-0.15, -0.1) is 0 Å². The van der Waals surface area contributed by atoms with Crippen LogP contribution in [0.5, 0.6) is 0 Å². The van der Waals surface area contributed by atoms with Crippen molar-refractivity contribution in [1.29, 1.82) is 0 Å². The molecule has 25 heavy (non-hydrogen) atoms. The molecule has 3 rings (SSSR count). The van der Waals surface area contributed by atoms with E-state index in [4.69, 9.17) is 12.2 Å². The highest BCUT2D eigenvalue weighted by molar-refractivity contribution is 7.80. The highest BCUT2D eigenvalue weighted by atomic mass is 32.1. The molecule has 1 N–H and O–H groups in total. The number of pyridine rings is 1. The topological polar surface area (TPSA) is 31.4 Å². The van der Waals surface area contributed by atoms with E-state index < -0.39 is 0 Å². The molecule has 0 atom stereocenters. The summed E-state index contributed by atoms with van der Waals surface area (Å²) in [6, 6.07) is 10.8. The van der Waals surface area contributed by atoms with E-state index in [0.717, 1.165) is 55.4 Å². The molecule has 4 nitrogen and oxygen atoms in total. The summed E-state index contributed by atoms with van der Waals surface area (Å²) in [5.74, 6) is 0.618. The summed E-state index contributed by atoms with van der Waals surface area (Å²) in [6.45, 7) is 8.31. The minimum absolute atomic E-state index is 0.178. The van der Waals surface area contributed by atoms with Gasteiger partial charge in [-0.2, -0.15) is 0 Å². The molecule has 0 aliphatic carbocycles. The van der Waals surface area contributed by atoms with E-state index in [1.807, 2.05) is 32.0 Å². The zero-order chi connectivity index (χ0) is 17.8. The second kappa shape index (κ2) is 7.89. The van der Waals surface area contributed by atoms with Crippen LogP contribution in [0.25, 0.3) is 0 Å². The van der Waals surface area contributed by atoms with Gasteiger partial charge in [0.1, 0.15) is 11.6 Å². The van der Waals surface area contributed by atoms with Gasteiger partial charge in [0.15, 0.2) is 5.11 Å². The second-order valence-electron chi connectivity index (χ2n) is 6.49. The SMILES string of the molecule is Cc1cc(C)nc(NC(=S)N2CCN(Cc3cccc(F)c3)CC2)c1. The first-order valence-electron chi connectivity index (χ1n) is 8.47. The van der Waals surface area contributed by atoms with Crippen molar-refractivity contribution in [3.63, 3.8) is 0 Å². The number of nitrogens with one attached hydrogen (secondary N) is 1. The quantitative estimate of drug-likeness (QED) is 0.851. The summed E-state index contributed by atoms with van der Waals surface area (Å²) in [5, 5.41) is 3.95. The molecule has 6 heteroatoms. The summed E-state index contributed by atoms with van der Waals surface area (Å²) in [4.78, 5) is 8.96. The van der Waals surface area contributed by atoms with Gasteiger partial charge in [-0.3, -0.25) is 4.90 Å². The second-order valence-corrected chi connectivity index (χ2v) is 6.88. The summed E-state index contributed by atoms with van der Waals surface area (Å²) in [6.07, 6.45) is 0. The molecule has 1 aromatic carbocycles. The maximum absolute atomic E-state index is 13.3. The van der Waals surface area contributed by atoms with Crippen molar-refractivity contribution in [3.05, 3.63) is 59.0 Å². The lowest BCUT2D eigenvalue weighted by Gasteiger charge is -2.36. The van der Waals surface area contributed by atoms with Gasteiger partial charge in [0, 0.05) is 38.4 Å². The van der Waals surface area contributed by atoms with Crippen molar-refractivity contribution in [2.24, 2.45) is 0 Å². The van der Waals surface area contributed by atoms with Gasteiger partial charge in [-0.25, -0.2) is 9.37 Å². The number of hydrogen-bond acceptors (Lipinski definition) is 3. The summed E-state index contributed by atoms with van der Waals surface area (Å²) in [5.41, 5.74) is 3.15. The standard InChI is InChI=1S/C19H23FN4S/c1-14-10-15(2)21-18(11-14)22-19(25)24-8-6-23(7-9-24)13-16-4-3-5-17(20)12-16/h3-5,10-12H,6-9,13H2,1-2H3,(H,21,22,25). The molecule has 0 spiro atoms. The fourth-order valence-electron chi connectivity index (χ4n) is 3.10. The number of hydrogen-bond donors (Lipinski definition) is 1. The van der Waals surface area contributed by atoms with Crippen molar-refractivity contribution < 1.29 is 4.39 Å². The Bertz CT molecular complexity index is 737. The Morgan fingerprint density at radius 1 is 1.16 bits per heavy atom. The van der Waals surface area contributed by atoms with Crippen LogP contribution >= 0.6 is 12.2 Å². The van der Waals surface area contributed by atoms with E-state index >= 15 is 0 Å². The Morgan fingerprint density at radius 2 is 1.92 bits per heavy atom. The van der Waals surface area contributed by atoms with Crippen molar-refractivity contribution >= 4 is 23.1 Å². The zero-order valence-electron chi connectivity index (χ0n) is 14.6. The summed E-state index contributed by atoms with van der Waals surface area (Å²) >= 11 is 5.53. The summed E-state index contributed by atoms with van der Waals surface area (Å²) in [7, 11) is 0. The number of rotatable bonds is 3. The molecule has 2 aromatic rings. The van der Waals surface area contributed by atoms with Gasteiger partial charge in [-0.1, -0.05) is 12.1 Å². The van der Waals surface area contributed by atoms with Crippen molar-refractivity contribution in [3.8, 4) is 0 Å². The third kappa shape index (κ3) is 4.96. The van der Waals surface area contributed by atoms with E-state index in [1.54, 1.807) is 12.1 Å². The lowest BCUT2D eigenvalue weighted by Crippen LogP contribution is -2.49. The third-order valence-electron chi connectivity index (χ3n) is 4.29. The maximum atomic E-state index is 13.3. The first kappa shape index (κ1) is 17.8. The van der Waals surface area contributed by atoms with E-state index in [0.29, 0.717) is 5.11 Å². The number of nitrogens with zero attached hydrogens (tertiary/aromatic N) is 3. The molecule has 132 valence electrons. The third-order valence-corrected chi connectivity index (χ3v) is 4.65. The van der Waals surface area contributed by atoms with E-state index in [9.17, 15) is 4.39 Å². The lowest BCUT2D eigenvalue weighted by atomic mass is 10.2. The Kier molecular flexibility index (Phi) is 5.60. The van der Waals surface area contributed by atoms with E-state index in [-0.39, 0.29) is 5.82 Å². The van der Waals surface area contributed by atoms with Crippen LogP contribution in [-0.4, -0.2) is 46.1 Å². The number of aromatic nitrogens is 1. The molecule has 1 aliphatic heterocycles. The van der Waals surface area contributed by atoms with Gasteiger partial charge in [0.2, 0.25) is 0 Å². The molecule has 2 heterocycles. The highest BCUT2D eigenvalue weighted by Crippen LogP contribution is 2.13. The molecule has 0 radical (unpaired) electrons. The first-order chi connectivity index (χ1) is 12.0. The average molecular weight is 358 g/mol. The number of halogens is 1. The number of thiocarbonyl (C=S) groups is 1. The monoisotopic (exact) mass is 358 g/mol. The minimum Gasteiger partial charge on any atom is -0.346 e. The van der Waals surface area contributed by atoms with Gasteiger partial charge < -0.3 is 10.2 Å². The Morgan fingerprint density at radius 3 is 2.60 bits per heavy atom. The first-order valence-corrected chi connectivity index (χ1v) is 8.88. The molecule has 0 amide bonds. The lowest BCUT2D eigenvalue weighted by molar-refractivity contribution is 0.177. The minimum atomic E-state index is -0.178. The molecule has 1 aliphatic rings. The number of piperazine rings is 1. The predicted molar refractivity (Wildman–Crippen MR) is 103 cm³/mol. The predicted octanol–water partition coefficient (Wildman–Crippen LogP) is 3.35. The van der Waals surface area contributed by atoms with Gasteiger partial charge >= 0.3 is 0 Å². The fourth-order valence-corrected chi connectivity index (χ4v) is 3.38. The average Bonchev–Trinajstić information content (AvgIpc) is 2.54. The number of benzene rings is 1. The van der Waals surface area contributed by atoms with Crippen molar-refractivity contribution in [2.75, 3.05) is 31.5 Å². The molecule has 1 aromatic heterocycles. The van der Waals surface area contributed by atoms with Crippen molar-refractivity contribution in [2.45, 2.75) is 20.4 Å². The zero-order valence-corrected chi connectivity index (χ0v) is 15.4. The van der Waals surface area contributed by atoms with Crippen LogP contribution in [-0.2, 0) is 6.54 Å². The van der Waals surface area contributed by atoms with Crippen LogP contribution in [0.3, 0.4) is 0 Å². The fraction of sp³-hybridized carbons (Fsp3) is 0.368. The molecule has 0 unspecified atom stereocenters. The largest absolute Gasteiger partial charge is 0.346 e. The normalized spacial score (nSPS) is 15.2. The Hall–Kier alpha value is -2.05. The molecular weight excluding hydrogens is 335 g/mol. The van der Waals surface area contributed by atoms with E-state index in [1.165, 1.54) is 6.07 Å². The van der Waals surface area contributed by atoms with Gasteiger partial charge in [-0.05, 0) is 61.5 Å². The molecular formula is C19H23FN4S. The van der Waals surface area contributed by atoms with Crippen LogP contribution in [0.4, 0.5) is 10.2 Å². The number of aryl methyl sites for hydroxylation is 2. The van der Waals surface area contributed by atoms with Crippen LogP contribution in [0.1, 0.15) is 16.8 Å². The van der Waals surface area contributed by atoms with Gasteiger partial charge in [0.05, 0.1) is 0 Å². The molecule has 1 saturated heterocycles. The number of anilines is 1. The van der Waals surface area contributed by atoms with Crippen LogP contribution < -0.4 is 5.32 Å². The van der Waals surface area contributed by atoms with E-state index in [2.05, 4.69) is 20.1 Å². The Labute approximate surface area is 153 Å². The maximum Gasteiger partial charge on any atom is 0.174 e. The Balaban J connectivity index is 1.52. The van der Waals surface area contributed by atoms with Crippen LogP contribution in [0.15, 0.2) is 36.4 Å². The highest BCUT2D eigenvalue weighted by Gasteiger charge is 2.19.